The number of rotatable bonds is 5. The lowest BCUT2D eigenvalue weighted by Gasteiger charge is -2.19. The van der Waals surface area contributed by atoms with Crippen LogP contribution >= 0.6 is 27.5 Å². The van der Waals surface area contributed by atoms with Gasteiger partial charge in [-0.05, 0) is 18.6 Å². The van der Waals surface area contributed by atoms with Crippen LogP contribution < -0.4 is 5.32 Å². The molecule has 0 spiro atoms. The summed E-state index contributed by atoms with van der Waals surface area (Å²) in [7, 11) is 0. The number of aliphatic hydroxyl groups excluding tert-OH is 2. The van der Waals surface area contributed by atoms with Crippen LogP contribution in [0.3, 0.4) is 0 Å². The predicted octanol–water partition coefficient (Wildman–Crippen LogP) is 2.02. The molecule has 0 bridgehead atoms. The van der Waals surface area contributed by atoms with Crippen molar-refractivity contribution in [3.05, 3.63) is 33.3 Å². The number of halogens is 2. The molecule has 0 aliphatic heterocycles. The van der Waals surface area contributed by atoms with E-state index in [-0.39, 0.29) is 12.3 Å². The van der Waals surface area contributed by atoms with Gasteiger partial charge in [0, 0.05) is 28.5 Å². The van der Waals surface area contributed by atoms with E-state index in [1.165, 1.54) is 6.92 Å². The lowest BCUT2D eigenvalue weighted by molar-refractivity contribution is -0.119. The average molecular weight is 337 g/mol. The van der Waals surface area contributed by atoms with Gasteiger partial charge in [-0.1, -0.05) is 33.6 Å². The van der Waals surface area contributed by atoms with Gasteiger partial charge < -0.3 is 15.5 Å². The normalized spacial score (nSPS) is 14.1. The van der Waals surface area contributed by atoms with E-state index in [0.29, 0.717) is 17.1 Å². The molecule has 1 rings (SSSR count). The molecule has 100 valence electrons. The van der Waals surface area contributed by atoms with E-state index in [1.54, 1.807) is 18.2 Å². The summed E-state index contributed by atoms with van der Waals surface area (Å²) in [4.78, 5) is 10.7. The van der Waals surface area contributed by atoms with Gasteiger partial charge in [0.05, 0.1) is 6.10 Å². The van der Waals surface area contributed by atoms with Crippen LogP contribution in [-0.4, -0.2) is 28.8 Å². The summed E-state index contributed by atoms with van der Waals surface area (Å²) >= 11 is 9.25. The first kappa shape index (κ1) is 15.4. The maximum absolute atomic E-state index is 10.7. The molecule has 0 aliphatic rings. The first-order chi connectivity index (χ1) is 8.41. The molecule has 18 heavy (non-hydrogen) atoms. The molecule has 0 aromatic heterocycles. The Morgan fingerprint density at radius 1 is 1.50 bits per heavy atom. The Bertz CT molecular complexity index is 428. The van der Waals surface area contributed by atoms with Gasteiger partial charge in [-0.15, -0.1) is 0 Å². The van der Waals surface area contributed by atoms with Crippen LogP contribution in [0.5, 0.6) is 0 Å². The average Bonchev–Trinajstić information content (AvgIpc) is 2.27. The molecule has 0 aliphatic carbocycles. The van der Waals surface area contributed by atoms with Gasteiger partial charge in [0.25, 0.3) is 0 Å². The molecule has 3 N–H and O–H groups in total. The smallest absolute Gasteiger partial charge is 0.216 e. The Morgan fingerprint density at radius 3 is 2.72 bits per heavy atom. The van der Waals surface area contributed by atoms with Gasteiger partial charge in [0.2, 0.25) is 5.91 Å². The number of carbonyl (C=O) groups excluding carboxylic acids is 1. The Kier molecular flexibility index (Phi) is 6.08. The number of hydrogen-bond donors (Lipinski definition) is 3. The van der Waals surface area contributed by atoms with Crippen molar-refractivity contribution in [3.8, 4) is 0 Å². The first-order valence-corrected chi connectivity index (χ1v) is 6.64. The zero-order valence-corrected chi connectivity index (χ0v) is 12.2. The van der Waals surface area contributed by atoms with E-state index in [2.05, 4.69) is 21.2 Å². The van der Waals surface area contributed by atoms with Crippen LogP contribution in [0.4, 0.5) is 0 Å². The summed E-state index contributed by atoms with van der Waals surface area (Å²) < 4.78 is 0.802. The van der Waals surface area contributed by atoms with E-state index < -0.39 is 12.2 Å². The molecule has 0 heterocycles. The van der Waals surface area contributed by atoms with Crippen LogP contribution in [0, 0.1) is 0 Å². The van der Waals surface area contributed by atoms with Gasteiger partial charge in [0.1, 0.15) is 6.10 Å². The Labute approximate surface area is 119 Å². The van der Waals surface area contributed by atoms with E-state index in [0.717, 1.165) is 4.47 Å². The van der Waals surface area contributed by atoms with Gasteiger partial charge >= 0.3 is 0 Å². The first-order valence-electron chi connectivity index (χ1n) is 5.47. The largest absolute Gasteiger partial charge is 0.390 e. The fourth-order valence-electron chi connectivity index (χ4n) is 1.50. The Hall–Kier alpha value is -0.620. The molecule has 0 radical (unpaired) electrons. The van der Waals surface area contributed by atoms with E-state index in [9.17, 15) is 15.0 Å². The second kappa shape index (κ2) is 7.09. The number of amides is 1. The van der Waals surface area contributed by atoms with Crippen LogP contribution in [0.1, 0.15) is 25.0 Å². The number of hydrogen-bond acceptors (Lipinski definition) is 3. The third-order valence-corrected chi connectivity index (χ3v) is 3.28. The van der Waals surface area contributed by atoms with Crippen molar-refractivity contribution in [2.24, 2.45) is 0 Å². The van der Waals surface area contributed by atoms with Crippen molar-refractivity contribution in [2.45, 2.75) is 25.6 Å². The Balaban J connectivity index is 2.62. The number of benzene rings is 1. The zero-order chi connectivity index (χ0) is 13.7. The van der Waals surface area contributed by atoms with Gasteiger partial charge in [-0.25, -0.2) is 0 Å². The van der Waals surface area contributed by atoms with Crippen molar-refractivity contribution in [1.82, 2.24) is 5.32 Å². The third kappa shape index (κ3) is 4.57. The standard InChI is InChI=1S/C12H15BrClNO3/c1-7(16)15-5-4-11(17)12(18)9-3-2-8(13)6-10(9)14/h2-3,6,11-12,17-18H,4-5H2,1H3,(H,15,16). The highest BCUT2D eigenvalue weighted by Crippen LogP contribution is 2.28. The minimum absolute atomic E-state index is 0.168. The molecule has 6 heteroatoms. The van der Waals surface area contributed by atoms with Crippen LogP contribution in [0.15, 0.2) is 22.7 Å². The minimum atomic E-state index is -1.07. The molecule has 0 fully saturated rings. The Morgan fingerprint density at radius 2 is 2.17 bits per heavy atom. The van der Waals surface area contributed by atoms with E-state index in [4.69, 9.17) is 11.6 Å². The molecule has 1 aromatic rings. The number of aliphatic hydroxyl groups is 2. The van der Waals surface area contributed by atoms with Crippen molar-refractivity contribution < 1.29 is 15.0 Å². The summed E-state index contributed by atoms with van der Waals surface area (Å²) in [5.41, 5.74) is 0.468. The summed E-state index contributed by atoms with van der Waals surface area (Å²) in [6, 6.07) is 5.05. The maximum atomic E-state index is 10.7. The molecule has 1 aromatic carbocycles. The quantitative estimate of drug-likeness (QED) is 0.770. The molecular weight excluding hydrogens is 321 g/mol. The van der Waals surface area contributed by atoms with Gasteiger partial charge in [-0.2, -0.15) is 0 Å². The van der Waals surface area contributed by atoms with Crippen molar-refractivity contribution in [1.29, 1.82) is 0 Å². The topological polar surface area (TPSA) is 69.6 Å². The minimum Gasteiger partial charge on any atom is -0.390 e. The monoisotopic (exact) mass is 335 g/mol. The number of nitrogens with one attached hydrogen (secondary N) is 1. The molecular formula is C12H15BrClNO3. The second-order valence-electron chi connectivity index (χ2n) is 3.95. The molecule has 0 saturated heterocycles. The molecule has 0 saturated carbocycles. The van der Waals surface area contributed by atoms with Crippen LogP contribution in [0.25, 0.3) is 0 Å². The molecule has 2 atom stereocenters. The maximum Gasteiger partial charge on any atom is 0.216 e. The highest BCUT2D eigenvalue weighted by molar-refractivity contribution is 9.10. The summed E-state index contributed by atoms with van der Waals surface area (Å²) in [6.07, 6.45) is -1.79. The second-order valence-corrected chi connectivity index (χ2v) is 5.27. The fraction of sp³-hybridized carbons (Fsp3) is 0.417. The predicted molar refractivity (Wildman–Crippen MR) is 73.4 cm³/mol. The van der Waals surface area contributed by atoms with Gasteiger partial charge in [0.15, 0.2) is 0 Å². The van der Waals surface area contributed by atoms with E-state index in [1.807, 2.05) is 0 Å². The SMILES string of the molecule is CC(=O)NCCC(O)C(O)c1ccc(Br)cc1Cl. The van der Waals surface area contributed by atoms with Crippen molar-refractivity contribution in [2.75, 3.05) is 6.54 Å². The highest BCUT2D eigenvalue weighted by atomic mass is 79.9. The van der Waals surface area contributed by atoms with E-state index >= 15 is 0 Å². The van der Waals surface area contributed by atoms with Crippen molar-refractivity contribution >= 4 is 33.4 Å². The lowest BCUT2D eigenvalue weighted by atomic mass is 10.0. The lowest BCUT2D eigenvalue weighted by Crippen LogP contribution is -2.27. The van der Waals surface area contributed by atoms with Crippen LogP contribution in [0.2, 0.25) is 5.02 Å². The van der Waals surface area contributed by atoms with Crippen LogP contribution in [-0.2, 0) is 4.79 Å². The molecule has 2 unspecified atom stereocenters. The number of carbonyl (C=O) groups is 1. The van der Waals surface area contributed by atoms with Gasteiger partial charge in [-0.3, -0.25) is 4.79 Å². The summed E-state index contributed by atoms with van der Waals surface area (Å²) in [5, 5.41) is 22.7. The summed E-state index contributed by atoms with van der Waals surface area (Å²) in [6.45, 7) is 1.70. The molecule has 4 nitrogen and oxygen atoms in total. The third-order valence-electron chi connectivity index (χ3n) is 2.46. The summed E-state index contributed by atoms with van der Waals surface area (Å²) in [5.74, 6) is -0.168. The fourth-order valence-corrected chi connectivity index (χ4v) is 2.29. The van der Waals surface area contributed by atoms with Crippen molar-refractivity contribution in [3.63, 3.8) is 0 Å². The zero-order valence-electron chi connectivity index (χ0n) is 9.86. The molecule has 1 amide bonds. The highest BCUT2D eigenvalue weighted by Gasteiger charge is 2.20.